The lowest BCUT2D eigenvalue weighted by atomic mass is 9.80. The van der Waals surface area contributed by atoms with E-state index in [1.165, 1.54) is 25.7 Å². The molecule has 4 nitrogen and oxygen atoms in total. The van der Waals surface area contributed by atoms with Gasteiger partial charge in [-0.15, -0.1) is 0 Å². The number of likely N-dealkylation sites (tertiary alicyclic amines) is 1. The van der Waals surface area contributed by atoms with Crippen LogP contribution in [0.2, 0.25) is 0 Å². The van der Waals surface area contributed by atoms with E-state index in [0.717, 1.165) is 13.0 Å². The van der Waals surface area contributed by atoms with Crippen LogP contribution in [0.5, 0.6) is 0 Å². The molecule has 1 saturated heterocycles. The molecule has 1 N–H and O–H groups in total. The molecule has 4 heteroatoms. The molecule has 2 fully saturated rings. The van der Waals surface area contributed by atoms with Crippen molar-refractivity contribution < 1.29 is 14.6 Å². The van der Waals surface area contributed by atoms with E-state index in [1.54, 1.807) is 0 Å². The number of carbonyl (C=O) groups is 1. The van der Waals surface area contributed by atoms with Gasteiger partial charge in [0.25, 0.3) is 0 Å². The molecule has 110 valence electrons. The number of aliphatic hydroxyl groups is 1. The summed E-state index contributed by atoms with van der Waals surface area (Å²) in [5.74, 6) is 0.823. The van der Waals surface area contributed by atoms with Crippen LogP contribution in [-0.2, 0) is 4.74 Å². The predicted molar refractivity (Wildman–Crippen MR) is 73.9 cm³/mol. The first-order valence-corrected chi connectivity index (χ1v) is 7.53. The van der Waals surface area contributed by atoms with Crippen LogP contribution in [0.3, 0.4) is 0 Å². The van der Waals surface area contributed by atoms with Gasteiger partial charge in [0.15, 0.2) is 0 Å². The summed E-state index contributed by atoms with van der Waals surface area (Å²) >= 11 is 0. The molecule has 0 aromatic heterocycles. The van der Waals surface area contributed by atoms with E-state index < -0.39 is 5.60 Å². The molecule has 0 spiro atoms. The first-order chi connectivity index (χ1) is 8.92. The fourth-order valence-corrected chi connectivity index (χ4v) is 3.37. The number of nitrogens with zero attached hydrogens (tertiary/aromatic N) is 1. The van der Waals surface area contributed by atoms with Crippen LogP contribution >= 0.6 is 0 Å². The molecule has 2 atom stereocenters. The molecule has 1 heterocycles. The highest BCUT2D eigenvalue weighted by molar-refractivity contribution is 5.69. The minimum atomic E-state index is -0.445. The van der Waals surface area contributed by atoms with Crippen molar-refractivity contribution in [2.45, 2.75) is 64.5 Å². The maximum atomic E-state index is 12.1. The fourth-order valence-electron chi connectivity index (χ4n) is 3.37. The number of hydrogen-bond acceptors (Lipinski definition) is 3. The summed E-state index contributed by atoms with van der Waals surface area (Å²) in [6, 6.07) is 0.183. The van der Waals surface area contributed by atoms with Gasteiger partial charge in [0.1, 0.15) is 5.60 Å². The summed E-state index contributed by atoms with van der Waals surface area (Å²) in [7, 11) is 0. The van der Waals surface area contributed by atoms with Crippen LogP contribution in [0.4, 0.5) is 4.79 Å². The third kappa shape index (κ3) is 3.41. The predicted octanol–water partition coefficient (Wildman–Crippen LogP) is 2.79. The Morgan fingerprint density at radius 1 is 1.32 bits per heavy atom. The molecule has 0 aromatic rings. The second-order valence-electron chi connectivity index (χ2n) is 6.92. The average molecular weight is 269 g/mol. The van der Waals surface area contributed by atoms with Gasteiger partial charge in [-0.3, -0.25) is 0 Å². The van der Waals surface area contributed by atoms with Crippen molar-refractivity contribution in [3.05, 3.63) is 0 Å². The molecule has 0 bridgehead atoms. The van der Waals surface area contributed by atoms with Crippen molar-refractivity contribution in [2.24, 2.45) is 11.8 Å². The molecule has 0 radical (unpaired) electrons. The zero-order valence-corrected chi connectivity index (χ0v) is 12.4. The highest BCUT2D eigenvalue weighted by Gasteiger charge is 2.43. The van der Waals surface area contributed by atoms with Crippen molar-refractivity contribution in [1.29, 1.82) is 0 Å². The van der Waals surface area contributed by atoms with E-state index in [0.29, 0.717) is 5.92 Å². The molecular weight excluding hydrogens is 242 g/mol. The van der Waals surface area contributed by atoms with Gasteiger partial charge < -0.3 is 14.7 Å². The fraction of sp³-hybridized carbons (Fsp3) is 0.933. The van der Waals surface area contributed by atoms with Crippen LogP contribution in [0, 0.1) is 11.8 Å². The quantitative estimate of drug-likeness (QED) is 0.857. The number of amides is 1. The number of aliphatic hydroxyl groups excluding tert-OH is 1. The third-order valence-corrected chi connectivity index (χ3v) is 4.40. The van der Waals surface area contributed by atoms with Crippen molar-refractivity contribution in [3.8, 4) is 0 Å². The Morgan fingerprint density at radius 2 is 1.95 bits per heavy atom. The first kappa shape index (κ1) is 14.6. The normalized spacial score (nSPS) is 26.1. The van der Waals surface area contributed by atoms with E-state index >= 15 is 0 Å². The number of carbonyl (C=O) groups excluding carboxylic acids is 1. The maximum absolute atomic E-state index is 12.1. The summed E-state index contributed by atoms with van der Waals surface area (Å²) in [4.78, 5) is 13.9. The maximum Gasteiger partial charge on any atom is 0.410 e. The van der Waals surface area contributed by atoms with Gasteiger partial charge in [-0.25, -0.2) is 4.79 Å². The van der Waals surface area contributed by atoms with Crippen LogP contribution in [0.1, 0.15) is 52.9 Å². The van der Waals surface area contributed by atoms with Gasteiger partial charge in [0.2, 0.25) is 0 Å². The second kappa shape index (κ2) is 5.70. The molecule has 2 rings (SSSR count). The van der Waals surface area contributed by atoms with Gasteiger partial charge in [0, 0.05) is 25.1 Å². The number of rotatable bonds is 3. The molecule has 1 amide bonds. The average Bonchev–Trinajstić information content (AvgIpc) is 2.73. The Balaban J connectivity index is 1.94. The Morgan fingerprint density at radius 3 is 2.37 bits per heavy atom. The summed E-state index contributed by atoms with van der Waals surface area (Å²) in [5.41, 5.74) is -0.445. The summed E-state index contributed by atoms with van der Waals surface area (Å²) in [6.45, 7) is 6.62. The van der Waals surface area contributed by atoms with Crippen molar-refractivity contribution in [1.82, 2.24) is 4.90 Å². The first-order valence-electron chi connectivity index (χ1n) is 7.53. The minimum absolute atomic E-state index is 0.183. The van der Waals surface area contributed by atoms with Crippen LogP contribution in [-0.4, -0.2) is 40.9 Å². The van der Waals surface area contributed by atoms with Gasteiger partial charge in [-0.1, -0.05) is 25.7 Å². The molecule has 2 unspecified atom stereocenters. The van der Waals surface area contributed by atoms with Crippen molar-refractivity contribution in [3.63, 3.8) is 0 Å². The highest BCUT2D eigenvalue weighted by atomic mass is 16.6. The molecule has 0 aromatic carbocycles. The van der Waals surface area contributed by atoms with Gasteiger partial charge >= 0.3 is 6.09 Å². The molecule has 19 heavy (non-hydrogen) atoms. The molecule has 1 aliphatic carbocycles. The van der Waals surface area contributed by atoms with E-state index in [9.17, 15) is 9.90 Å². The number of hydrogen-bond donors (Lipinski definition) is 1. The largest absolute Gasteiger partial charge is 0.444 e. The lowest BCUT2D eigenvalue weighted by molar-refractivity contribution is -0.0341. The second-order valence-corrected chi connectivity index (χ2v) is 6.92. The zero-order valence-electron chi connectivity index (χ0n) is 12.4. The van der Waals surface area contributed by atoms with Gasteiger partial charge in [0.05, 0.1) is 0 Å². The molecule has 1 aliphatic heterocycles. The van der Waals surface area contributed by atoms with Crippen LogP contribution < -0.4 is 0 Å². The minimum Gasteiger partial charge on any atom is -0.444 e. The van der Waals surface area contributed by atoms with Crippen molar-refractivity contribution >= 4 is 6.09 Å². The lowest BCUT2D eigenvalue weighted by Gasteiger charge is -2.46. The van der Waals surface area contributed by atoms with E-state index in [-0.39, 0.29) is 24.7 Å². The Hall–Kier alpha value is -0.770. The molecule has 2 aliphatic rings. The van der Waals surface area contributed by atoms with E-state index in [2.05, 4.69) is 0 Å². The van der Waals surface area contributed by atoms with Crippen molar-refractivity contribution in [2.75, 3.05) is 13.2 Å². The van der Waals surface area contributed by atoms with E-state index in [4.69, 9.17) is 4.74 Å². The Bertz CT molecular complexity index is 318. The van der Waals surface area contributed by atoms with E-state index in [1.807, 2.05) is 25.7 Å². The monoisotopic (exact) mass is 269 g/mol. The zero-order chi connectivity index (χ0) is 14.0. The Labute approximate surface area is 116 Å². The standard InChI is InChI=1S/C15H27NO3/c1-15(2,3)19-14(18)16-9-8-13(16)12(10-17)11-6-4-5-7-11/h11-13,17H,4-10H2,1-3H3. The topological polar surface area (TPSA) is 49.8 Å². The van der Waals surface area contributed by atoms with Crippen LogP contribution in [0.25, 0.3) is 0 Å². The van der Waals surface area contributed by atoms with Gasteiger partial charge in [-0.05, 0) is 33.1 Å². The summed E-state index contributed by atoms with van der Waals surface area (Å²) in [6.07, 6.45) is 5.70. The lowest BCUT2D eigenvalue weighted by Crippen LogP contribution is -2.57. The Kier molecular flexibility index (Phi) is 4.39. The highest BCUT2D eigenvalue weighted by Crippen LogP contribution is 2.38. The smallest absolute Gasteiger partial charge is 0.410 e. The summed E-state index contributed by atoms with van der Waals surface area (Å²) < 4.78 is 5.43. The summed E-state index contributed by atoms with van der Waals surface area (Å²) in [5, 5.41) is 9.68. The SMILES string of the molecule is CC(C)(C)OC(=O)N1CCC1C(CO)C1CCCC1. The number of ether oxygens (including phenoxy) is 1. The van der Waals surface area contributed by atoms with Gasteiger partial charge in [-0.2, -0.15) is 0 Å². The third-order valence-electron chi connectivity index (χ3n) is 4.40. The molecule has 1 saturated carbocycles. The molecular formula is C15H27NO3. The van der Waals surface area contributed by atoms with Crippen LogP contribution in [0.15, 0.2) is 0 Å².